The number of carbonyl (C=O) groups excluding carboxylic acids is 1. The van der Waals surface area contributed by atoms with Gasteiger partial charge in [-0.3, -0.25) is 4.90 Å². The number of rotatable bonds is 3. The van der Waals surface area contributed by atoms with E-state index in [1.807, 2.05) is 32.6 Å². The topological polar surface area (TPSA) is 43.8 Å². The van der Waals surface area contributed by atoms with Crippen LogP contribution >= 0.6 is 23.2 Å². The summed E-state index contributed by atoms with van der Waals surface area (Å²) in [6, 6.07) is 4.80. The summed E-state index contributed by atoms with van der Waals surface area (Å²) in [5.74, 6) is 0. The molecule has 0 unspecified atom stereocenters. The third-order valence-electron chi connectivity index (χ3n) is 4.49. The van der Waals surface area contributed by atoms with E-state index in [0.717, 1.165) is 6.42 Å². The van der Waals surface area contributed by atoms with Gasteiger partial charge in [0.25, 0.3) is 0 Å². The van der Waals surface area contributed by atoms with Gasteiger partial charge in [-0.05, 0) is 52.3 Å². The smallest absolute Gasteiger partial charge is 0.327 e. The lowest BCUT2D eigenvalue weighted by molar-refractivity contribution is -0.0358. The molecule has 2 rings (SSSR count). The maximum atomic E-state index is 13.2. The van der Waals surface area contributed by atoms with Gasteiger partial charge in [0.05, 0.1) is 10.0 Å². The zero-order valence-electron chi connectivity index (χ0n) is 14.2. The van der Waals surface area contributed by atoms with E-state index in [9.17, 15) is 9.90 Å². The summed E-state index contributed by atoms with van der Waals surface area (Å²) >= 11 is 12.1. The number of aliphatic hydroxyl groups is 1. The van der Waals surface area contributed by atoms with Crippen molar-refractivity contribution in [2.45, 2.75) is 64.8 Å². The highest BCUT2D eigenvalue weighted by atomic mass is 35.5. The highest BCUT2D eigenvalue weighted by Crippen LogP contribution is 2.41. The van der Waals surface area contributed by atoms with Crippen LogP contribution in [0.4, 0.5) is 10.5 Å². The van der Waals surface area contributed by atoms with Crippen molar-refractivity contribution in [3.63, 3.8) is 0 Å². The zero-order chi connectivity index (χ0) is 17.6. The van der Waals surface area contributed by atoms with Gasteiger partial charge in [-0.1, -0.05) is 30.1 Å². The summed E-state index contributed by atoms with van der Waals surface area (Å²) in [5, 5.41) is 11.7. The normalized spacial score (nSPS) is 25.7. The fraction of sp³-hybridized carbons (Fsp3) is 0.588. The molecule has 0 saturated carbocycles. The standard InChI is InChI=1S/C17H24Cl2N2O2/c1-6-11(2)20-15(22)21(17(5,23)10-16(20,3)4)12-7-8-13(18)14(19)9-12/h7-9,11,23H,6,10H2,1-5H3/t11-,17+/m0/s1. The van der Waals surface area contributed by atoms with Gasteiger partial charge in [0.15, 0.2) is 0 Å². The molecule has 0 aromatic heterocycles. The molecule has 0 aliphatic carbocycles. The van der Waals surface area contributed by atoms with Gasteiger partial charge in [0, 0.05) is 23.7 Å². The molecule has 1 aromatic rings. The van der Waals surface area contributed by atoms with E-state index in [1.165, 1.54) is 4.90 Å². The van der Waals surface area contributed by atoms with Crippen molar-refractivity contribution in [2.24, 2.45) is 0 Å². The SMILES string of the molecule is CC[C@H](C)N1C(=O)N(c2ccc(Cl)c(Cl)c2)[C@](C)(O)CC1(C)C. The molecular formula is C17H24Cl2N2O2. The Morgan fingerprint density at radius 2 is 1.87 bits per heavy atom. The maximum Gasteiger partial charge on any atom is 0.327 e. The minimum atomic E-state index is -1.30. The van der Waals surface area contributed by atoms with Crippen molar-refractivity contribution in [3.05, 3.63) is 28.2 Å². The number of urea groups is 1. The van der Waals surface area contributed by atoms with Crippen molar-refractivity contribution in [2.75, 3.05) is 4.90 Å². The van der Waals surface area contributed by atoms with E-state index >= 15 is 0 Å². The average Bonchev–Trinajstić information content (AvgIpc) is 2.39. The van der Waals surface area contributed by atoms with E-state index in [0.29, 0.717) is 22.2 Å². The molecule has 0 radical (unpaired) electrons. The molecule has 1 aliphatic rings. The van der Waals surface area contributed by atoms with Crippen LogP contribution < -0.4 is 4.90 Å². The van der Waals surface area contributed by atoms with Crippen LogP contribution in [0.25, 0.3) is 0 Å². The second kappa shape index (κ2) is 6.15. The second-order valence-corrected chi connectivity index (χ2v) is 7.86. The lowest BCUT2D eigenvalue weighted by Gasteiger charge is -2.55. The average molecular weight is 359 g/mol. The zero-order valence-corrected chi connectivity index (χ0v) is 15.7. The van der Waals surface area contributed by atoms with Crippen molar-refractivity contribution >= 4 is 34.9 Å². The summed E-state index contributed by atoms with van der Waals surface area (Å²) in [6.45, 7) is 9.69. The Hall–Kier alpha value is -0.970. The van der Waals surface area contributed by atoms with Gasteiger partial charge in [-0.2, -0.15) is 0 Å². The Morgan fingerprint density at radius 1 is 1.26 bits per heavy atom. The largest absolute Gasteiger partial charge is 0.371 e. The highest BCUT2D eigenvalue weighted by Gasteiger charge is 2.51. The number of benzene rings is 1. The fourth-order valence-corrected chi connectivity index (χ4v) is 3.83. The number of carbonyl (C=O) groups is 1. The summed E-state index contributed by atoms with van der Waals surface area (Å²) in [6.07, 6.45) is 1.27. The summed E-state index contributed by atoms with van der Waals surface area (Å²) in [7, 11) is 0. The van der Waals surface area contributed by atoms with Crippen molar-refractivity contribution in [1.82, 2.24) is 4.90 Å². The Kier molecular flexibility index (Phi) is 4.91. The molecule has 4 nitrogen and oxygen atoms in total. The van der Waals surface area contributed by atoms with E-state index < -0.39 is 11.3 Å². The molecule has 1 aromatic carbocycles. The Bertz CT molecular complexity index is 617. The van der Waals surface area contributed by atoms with Crippen molar-refractivity contribution < 1.29 is 9.90 Å². The van der Waals surface area contributed by atoms with Crippen molar-refractivity contribution in [3.8, 4) is 0 Å². The predicted molar refractivity (Wildman–Crippen MR) is 95.2 cm³/mol. The van der Waals surface area contributed by atoms with Crippen LogP contribution in [0.2, 0.25) is 10.0 Å². The number of nitrogens with zero attached hydrogens (tertiary/aromatic N) is 2. The summed E-state index contributed by atoms with van der Waals surface area (Å²) < 4.78 is 0. The Balaban J connectivity index is 2.52. The molecular weight excluding hydrogens is 335 g/mol. The van der Waals surface area contributed by atoms with Crippen LogP contribution in [-0.4, -0.2) is 33.3 Å². The number of halogens is 2. The quantitative estimate of drug-likeness (QED) is 0.833. The molecule has 0 bridgehead atoms. The third-order valence-corrected chi connectivity index (χ3v) is 5.23. The van der Waals surface area contributed by atoms with Gasteiger partial charge in [-0.15, -0.1) is 0 Å². The molecule has 2 atom stereocenters. The molecule has 1 N–H and O–H groups in total. The molecule has 2 amide bonds. The van der Waals surface area contributed by atoms with E-state index in [1.54, 1.807) is 25.1 Å². The van der Waals surface area contributed by atoms with Crippen LogP contribution in [0.5, 0.6) is 0 Å². The maximum absolute atomic E-state index is 13.2. The molecule has 6 heteroatoms. The minimum absolute atomic E-state index is 0.0684. The first-order valence-electron chi connectivity index (χ1n) is 7.82. The number of anilines is 1. The Labute approximate surface area is 148 Å². The summed E-state index contributed by atoms with van der Waals surface area (Å²) in [4.78, 5) is 16.4. The third kappa shape index (κ3) is 3.30. The van der Waals surface area contributed by atoms with Gasteiger partial charge < -0.3 is 10.0 Å². The molecule has 23 heavy (non-hydrogen) atoms. The van der Waals surface area contributed by atoms with E-state index in [-0.39, 0.29) is 12.1 Å². The summed E-state index contributed by atoms with van der Waals surface area (Å²) in [5.41, 5.74) is -1.21. The second-order valence-electron chi connectivity index (χ2n) is 7.05. The predicted octanol–water partition coefficient (Wildman–Crippen LogP) is 4.91. The van der Waals surface area contributed by atoms with Gasteiger partial charge >= 0.3 is 6.03 Å². The first-order valence-corrected chi connectivity index (χ1v) is 8.58. The van der Waals surface area contributed by atoms with Crippen LogP contribution in [0, 0.1) is 0 Å². The van der Waals surface area contributed by atoms with E-state index in [4.69, 9.17) is 23.2 Å². The molecule has 1 aliphatic heterocycles. The number of hydrogen-bond donors (Lipinski definition) is 1. The van der Waals surface area contributed by atoms with Crippen molar-refractivity contribution in [1.29, 1.82) is 0 Å². The lowest BCUT2D eigenvalue weighted by atomic mass is 9.86. The van der Waals surface area contributed by atoms with Crippen LogP contribution in [0.1, 0.15) is 47.5 Å². The lowest BCUT2D eigenvalue weighted by Crippen LogP contribution is -2.69. The molecule has 128 valence electrons. The van der Waals surface area contributed by atoms with Gasteiger partial charge in [0.2, 0.25) is 0 Å². The van der Waals surface area contributed by atoms with Gasteiger partial charge in [-0.25, -0.2) is 4.79 Å². The number of amides is 2. The van der Waals surface area contributed by atoms with Gasteiger partial charge in [0.1, 0.15) is 5.72 Å². The first-order chi connectivity index (χ1) is 10.5. The molecule has 1 fully saturated rings. The number of hydrogen-bond acceptors (Lipinski definition) is 2. The molecule has 1 heterocycles. The van der Waals surface area contributed by atoms with Crippen LogP contribution in [0.3, 0.4) is 0 Å². The highest BCUT2D eigenvalue weighted by molar-refractivity contribution is 6.42. The molecule has 0 spiro atoms. The first kappa shape index (κ1) is 18.4. The van der Waals surface area contributed by atoms with Crippen LogP contribution in [0.15, 0.2) is 18.2 Å². The minimum Gasteiger partial charge on any atom is -0.371 e. The monoisotopic (exact) mass is 358 g/mol. The Morgan fingerprint density at radius 3 is 2.39 bits per heavy atom. The fourth-order valence-electron chi connectivity index (χ4n) is 3.54. The van der Waals surface area contributed by atoms with E-state index in [2.05, 4.69) is 0 Å². The molecule has 1 saturated heterocycles. The van der Waals surface area contributed by atoms with Crippen LogP contribution in [-0.2, 0) is 0 Å².